The number of halogens is 1. The molecule has 0 aliphatic rings. The number of hydrogen-bond donors (Lipinski definition) is 0. The minimum absolute atomic E-state index is 0.544. The van der Waals surface area contributed by atoms with Gasteiger partial charge in [0.2, 0.25) is 0 Å². The van der Waals surface area contributed by atoms with Crippen LogP contribution in [-0.2, 0) is 0 Å². The van der Waals surface area contributed by atoms with E-state index >= 15 is 0 Å². The van der Waals surface area contributed by atoms with Crippen LogP contribution in [0.25, 0.3) is 22.8 Å². The third-order valence-corrected chi connectivity index (χ3v) is 2.75. The van der Waals surface area contributed by atoms with Gasteiger partial charge in [0.15, 0.2) is 11.6 Å². The first-order valence-corrected chi connectivity index (χ1v) is 5.69. The second-order valence-electron chi connectivity index (χ2n) is 3.60. The van der Waals surface area contributed by atoms with Crippen LogP contribution in [0.1, 0.15) is 0 Å². The van der Waals surface area contributed by atoms with Crippen molar-refractivity contribution in [3.8, 4) is 22.8 Å². The predicted molar refractivity (Wildman–Crippen MR) is 68.0 cm³/mol. The standard InChI is InChI=1S/C13H8ClN3O/c14-10-7-11(12-3-1-6-18-12)17-8-9(10)13-15-4-2-5-16-13/h1-8H. The maximum absolute atomic E-state index is 6.22. The molecule has 0 atom stereocenters. The van der Waals surface area contributed by atoms with E-state index in [0.717, 1.165) is 0 Å². The van der Waals surface area contributed by atoms with E-state index in [0.29, 0.717) is 27.9 Å². The molecule has 3 rings (SSSR count). The summed E-state index contributed by atoms with van der Waals surface area (Å²) < 4.78 is 5.27. The highest BCUT2D eigenvalue weighted by Crippen LogP contribution is 2.28. The molecule has 0 radical (unpaired) electrons. The Labute approximate surface area is 108 Å². The van der Waals surface area contributed by atoms with Crippen LogP contribution in [0.5, 0.6) is 0 Å². The van der Waals surface area contributed by atoms with Crippen LogP contribution in [-0.4, -0.2) is 15.0 Å². The fourth-order valence-electron chi connectivity index (χ4n) is 1.59. The lowest BCUT2D eigenvalue weighted by Gasteiger charge is -2.03. The van der Waals surface area contributed by atoms with E-state index in [1.165, 1.54) is 0 Å². The third-order valence-electron chi connectivity index (χ3n) is 2.43. The predicted octanol–water partition coefficient (Wildman–Crippen LogP) is 3.45. The Kier molecular flexibility index (Phi) is 2.78. The van der Waals surface area contributed by atoms with Crippen molar-refractivity contribution in [3.05, 3.63) is 54.1 Å². The zero-order valence-corrected chi connectivity index (χ0v) is 10.0. The molecule has 0 saturated carbocycles. The van der Waals surface area contributed by atoms with Crippen molar-refractivity contribution in [3.63, 3.8) is 0 Å². The highest BCUT2D eigenvalue weighted by Gasteiger charge is 2.10. The Bertz CT molecular complexity index is 653. The van der Waals surface area contributed by atoms with E-state index in [9.17, 15) is 0 Å². The van der Waals surface area contributed by atoms with E-state index in [-0.39, 0.29) is 0 Å². The first kappa shape index (κ1) is 10.9. The second-order valence-corrected chi connectivity index (χ2v) is 4.01. The van der Waals surface area contributed by atoms with Gasteiger partial charge in [0, 0.05) is 18.6 Å². The van der Waals surface area contributed by atoms with E-state index in [4.69, 9.17) is 16.0 Å². The van der Waals surface area contributed by atoms with Crippen LogP contribution in [0.4, 0.5) is 0 Å². The molecule has 5 heteroatoms. The van der Waals surface area contributed by atoms with Crippen molar-refractivity contribution < 1.29 is 4.42 Å². The Balaban J connectivity index is 2.05. The normalized spacial score (nSPS) is 10.5. The number of furan rings is 1. The summed E-state index contributed by atoms with van der Waals surface area (Å²) in [7, 11) is 0. The van der Waals surface area contributed by atoms with Crippen LogP contribution in [0.15, 0.2) is 53.5 Å². The minimum atomic E-state index is 0.544. The zero-order chi connectivity index (χ0) is 12.4. The molecule has 18 heavy (non-hydrogen) atoms. The van der Waals surface area contributed by atoms with Crippen molar-refractivity contribution in [1.29, 1.82) is 0 Å². The Hall–Kier alpha value is -2.20. The summed E-state index contributed by atoms with van der Waals surface area (Å²) >= 11 is 6.22. The number of hydrogen-bond acceptors (Lipinski definition) is 4. The summed E-state index contributed by atoms with van der Waals surface area (Å²) in [4.78, 5) is 12.6. The largest absolute Gasteiger partial charge is 0.463 e. The van der Waals surface area contributed by atoms with E-state index in [1.807, 2.05) is 6.07 Å². The molecule has 0 N–H and O–H groups in total. The molecule has 0 spiro atoms. The summed E-state index contributed by atoms with van der Waals surface area (Å²) in [5.74, 6) is 1.23. The molecule has 0 aromatic carbocycles. The summed E-state index contributed by atoms with van der Waals surface area (Å²) in [6.45, 7) is 0. The molecule has 0 unspecified atom stereocenters. The Morgan fingerprint density at radius 1 is 1.06 bits per heavy atom. The average Bonchev–Trinajstić information content (AvgIpc) is 2.93. The van der Waals surface area contributed by atoms with Gasteiger partial charge in [-0.15, -0.1) is 0 Å². The van der Waals surface area contributed by atoms with Crippen LogP contribution in [0.2, 0.25) is 5.02 Å². The van der Waals surface area contributed by atoms with Gasteiger partial charge in [-0.3, -0.25) is 4.98 Å². The molecule has 3 aromatic heterocycles. The number of nitrogens with zero attached hydrogens (tertiary/aromatic N) is 3. The van der Waals surface area contributed by atoms with E-state index in [1.54, 1.807) is 43.1 Å². The van der Waals surface area contributed by atoms with Crippen molar-refractivity contribution in [2.24, 2.45) is 0 Å². The minimum Gasteiger partial charge on any atom is -0.463 e. The topological polar surface area (TPSA) is 51.8 Å². The molecule has 88 valence electrons. The van der Waals surface area contributed by atoms with Crippen LogP contribution >= 0.6 is 11.6 Å². The lowest BCUT2D eigenvalue weighted by molar-refractivity contribution is 0.580. The molecule has 0 fully saturated rings. The maximum atomic E-state index is 6.22. The zero-order valence-electron chi connectivity index (χ0n) is 9.25. The first-order valence-electron chi connectivity index (χ1n) is 5.31. The number of aromatic nitrogens is 3. The van der Waals surface area contributed by atoms with Gasteiger partial charge in [-0.05, 0) is 24.3 Å². The highest BCUT2D eigenvalue weighted by atomic mass is 35.5. The van der Waals surface area contributed by atoms with Gasteiger partial charge in [0.05, 0.1) is 16.8 Å². The molecule has 0 saturated heterocycles. The third kappa shape index (κ3) is 1.98. The van der Waals surface area contributed by atoms with Gasteiger partial charge in [-0.1, -0.05) is 11.6 Å². The molecule has 0 aliphatic heterocycles. The van der Waals surface area contributed by atoms with Gasteiger partial charge in [-0.2, -0.15) is 0 Å². The van der Waals surface area contributed by atoms with Crippen molar-refractivity contribution >= 4 is 11.6 Å². The molecular formula is C13H8ClN3O. The summed E-state index contributed by atoms with van der Waals surface area (Å²) in [6.07, 6.45) is 6.58. The summed E-state index contributed by atoms with van der Waals surface area (Å²) in [6, 6.07) is 7.13. The Morgan fingerprint density at radius 2 is 1.89 bits per heavy atom. The number of pyridine rings is 1. The molecule has 3 aromatic rings. The van der Waals surface area contributed by atoms with Crippen molar-refractivity contribution in [2.45, 2.75) is 0 Å². The van der Waals surface area contributed by atoms with E-state index in [2.05, 4.69) is 15.0 Å². The van der Waals surface area contributed by atoms with Crippen molar-refractivity contribution in [1.82, 2.24) is 15.0 Å². The highest BCUT2D eigenvalue weighted by molar-refractivity contribution is 6.33. The average molecular weight is 258 g/mol. The SMILES string of the molecule is Clc1cc(-c2ccco2)ncc1-c1ncccn1. The second kappa shape index (κ2) is 4.58. The fraction of sp³-hybridized carbons (Fsp3) is 0. The lowest BCUT2D eigenvalue weighted by Crippen LogP contribution is -1.90. The van der Waals surface area contributed by atoms with E-state index < -0.39 is 0 Å². The van der Waals surface area contributed by atoms with Gasteiger partial charge in [-0.25, -0.2) is 9.97 Å². The van der Waals surface area contributed by atoms with Gasteiger partial charge >= 0.3 is 0 Å². The lowest BCUT2D eigenvalue weighted by atomic mass is 10.2. The van der Waals surface area contributed by atoms with Crippen LogP contribution in [0.3, 0.4) is 0 Å². The molecule has 0 amide bonds. The Morgan fingerprint density at radius 3 is 2.56 bits per heavy atom. The van der Waals surface area contributed by atoms with Gasteiger partial charge in [0.25, 0.3) is 0 Å². The molecule has 3 heterocycles. The van der Waals surface area contributed by atoms with Crippen molar-refractivity contribution in [2.75, 3.05) is 0 Å². The number of rotatable bonds is 2. The summed E-state index contributed by atoms with van der Waals surface area (Å²) in [5.41, 5.74) is 1.39. The molecule has 0 bridgehead atoms. The van der Waals surface area contributed by atoms with Gasteiger partial charge < -0.3 is 4.42 Å². The monoisotopic (exact) mass is 257 g/mol. The molecular weight excluding hydrogens is 250 g/mol. The van der Waals surface area contributed by atoms with Crippen LogP contribution in [0, 0.1) is 0 Å². The maximum Gasteiger partial charge on any atom is 0.162 e. The molecule has 0 aliphatic carbocycles. The summed E-state index contributed by atoms with van der Waals surface area (Å²) in [5, 5.41) is 0.544. The van der Waals surface area contributed by atoms with Crippen LogP contribution < -0.4 is 0 Å². The fourth-order valence-corrected chi connectivity index (χ4v) is 1.83. The first-order chi connectivity index (χ1) is 8.84. The van der Waals surface area contributed by atoms with Gasteiger partial charge in [0.1, 0.15) is 5.69 Å². The quantitative estimate of drug-likeness (QED) is 0.706. The smallest absolute Gasteiger partial charge is 0.162 e. The molecule has 4 nitrogen and oxygen atoms in total.